The molecule has 1 atom stereocenters. The molecule has 0 bridgehead atoms. The highest BCUT2D eigenvalue weighted by Gasteiger charge is 2.22. The van der Waals surface area contributed by atoms with Crippen molar-refractivity contribution in [2.45, 2.75) is 32.7 Å². The van der Waals surface area contributed by atoms with Crippen molar-refractivity contribution in [3.63, 3.8) is 0 Å². The Bertz CT molecular complexity index is 1030. The lowest BCUT2D eigenvalue weighted by Gasteiger charge is -2.10. The highest BCUT2D eigenvalue weighted by Crippen LogP contribution is 2.32. The zero-order chi connectivity index (χ0) is 21.8. The minimum absolute atomic E-state index is 0.0284. The molecule has 0 saturated carbocycles. The van der Waals surface area contributed by atoms with E-state index in [9.17, 15) is 9.90 Å². The maximum atomic E-state index is 12.5. The standard InChI is InChI=1S/C22H27N5O3/c1-13(2)27-20(23)18(21(24)28)19(26-27)15-10-8-14(9-11-15)12-25-22(29)16-6-4-5-7-17(16)30-3/h4-11,13,21,28H,12,23-24H2,1-3H3,(H,25,29). The number of nitrogens with zero attached hydrogens (tertiary/aromatic N) is 2. The summed E-state index contributed by atoms with van der Waals surface area (Å²) in [5.41, 5.74) is 15.0. The van der Waals surface area contributed by atoms with E-state index < -0.39 is 6.23 Å². The second-order valence-electron chi connectivity index (χ2n) is 7.21. The molecule has 0 aliphatic rings. The first-order valence-corrected chi connectivity index (χ1v) is 9.65. The molecule has 8 nitrogen and oxygen atoms in total. The number of aliphatic hydroxyl groups is 1. The Morgan fingerprint density at radius 3 is 2.47 bits per heavy atom. The van der Waals surface area contributed by atoms with Crippen LogP contribution in [-0.2, 0) is 6.54 Å². The largest absolute Gasteiger partial charge is 0.496 e. The molecule has 0 radical (unpaired) electrons. The molecule has 1 heterocycles. The average Bonchev–Trinajstić information content (AvgIpc) is 3.10. The Hall–Kier alpha value is -3.36. The highest BCUT2D eigenvalue weighted by molar-refractivity contribution is 5.96. The maximum absolute atomic E-state index is 12.5. The van der Waals surface area contributed by atoms with Crippen molar-refractivity contribution in [3.05, 3.63) is 65.2 Å². The monoisotopic (exact) mass is 409 g/mol. The molecule has 0 aliphatic carbocycles. The van der Waals surface area contributed by atoms with E-state index in [1.165, 1.54) is 7.11 Å². The number of nitrogen functional groups attached to an aromatic ring is 1. The molecule has 1 unspecified atom stereocenters. The van der Waals surface area contributed by atoms with Crippen LogP contribution in [0.1, 0.15) is 47.6 Å². The average molecular weight is 409 g/mol. The molecule has 0 aliphatic heterocycles. The number of benzene rings is 2. The van der Waals surface area contributed by atoms with Gasteiger partial charge in [-0.3, -0.25) is 4.79 Å². The molecule has 30 heavy (non-hydrogen) atoms. The van der Waals surface area contributed by atoms with E-state index in [2.05, 4.69) is 10.4 Å². The van der Waals surface area contributed by atoms with Gasteiger partial charge in [-0.15, -0.1) is 0 Å². The molecule has 3 aromatic rings. The SMILES string of the molecule is COc1ccccc1C(=O)NCc1ccc(-c2nn(C(C)C)c(N)c2C(N)O)cc1. The van der Waals surface area contributed by atoms with Crippen molar-refractivity contribution in [2.75, 3.05) is 12.8 Å². The van der Waals surface area contributed by atoms with Crippen molar-refractivity contribution in [1.82, 2.24) is 15.1 Å². The molecule has 1 aromatic heterocycles. The summed E-state index contributed by atoms with van der Waals surface area (Å²) in [6, 6.07) is 14.6. The number of methoxy groups -OCH3 is 1. The van der Waals surface area contributed by atoms with Gasteiger partial charge in [0.15, 0.2) is 0 Å². The summed E-state index contributed by atoms with van der Waals surface area (Å²) in [6.07, 6.45) is -1.23. The number of carbonyl (C=O) groups is 1. The quantitative estimate of drug-likeness (QED) is 0.444. The van der Waals surface area contributed by atoms with Gasteiger partial charge in [-0.25, -0.2) is 4.68 Å². The normalized spacial score (nSPS) is 12.1. The van der Waals surface area contributed by atoms with E-state index >= 15 is 0 Å². The highest BCUT2D eigenvalue weighted by atomic mass is 16.5. The molecular weight excluding hydrogens is 382 g/mol. The second-order valence-corrected chi connectivity index (χ2v) is 7.21. The van der Waals surface area contributed by atoms with E-state index in [4.69, 9.17) is 16.2 Å². The van der Waals surface area contributed by atoms with Gasteiger partial charge in [-0.2, -0.15) is 5.10 Å². The van der Waals surface area contributed by atoms with Gasteiger partial charge in [0.1, 0.15) is 23.5 Å². The third-order valence-electron chi connectivity index (χ3n) is 4.80. The Labute approximate surface area is 175 Å². The number of para-hydroxylation sites is 1. The summed E-state index contributed by atoms with van der Waals surface area (Å²) in [5, 5.41) is 17.4. The number of aromatic nitrogens is 2. The van der Waals surface area contributed by atoms with E-state index in [0.717, 1.165) is 11.1 Å². The van der Waals surface area contributed by atoms with Gasteiger partial charge < -0.3 is 26.6 Å². The molecular formula is C22H27N5O3. The van der Waals surface area contributed by atoms with Crippen LogP contribution in [0.3, 0.4) is 0 Å². The Kier molecular flexibility index (Phi) is 6.39. The molecule has 0 saturated heterocycles. The number of amides is 1. The third-order valence-corrected chi connectivity index (χ3v) is 4.80. The van der Waals surface area contributed by atoms with Gasteiger partial charge in [0.25, 0.3) is 5.91 Å². The Balaban J connectivity index is 1.77. The first-order chi connectivity index (χ1) is 14.3. The predicted molar refractivity (Wildman–Crippen MR) is 116 cm³/mol. The van der Waals surface area contributed by atoms with Crippen molar-refractivity contribution >= 4 is 11.7 Å². The summed E-state index contributed by atoms with van der Waals surface area (Å²) in [7, 11) is 1.53. The minimum atomic E-state index is -1.23. The van der Waals surface area contributed by atoms with E-state index in [1.807, 2.05) is 44.2 Å². The van der Waals surface area contributed by atoms with Crippen LogP contribution in [0.2, 0.25) is 0 Å². The van der Waals surface area contributed by atoms with Gasteiger partial charge in [0.05, 0.1) is 18.2 Å². The van der Waals surface area contributed by atoms with E-state index in [1.54, 1.807) is 22.9 Å². The summed E-state index contributed by atoms with van der Waals surface area (Å²) in [4.78, 5) is 12.5. The zero-order valence-electron chi connectivity index (χ0n) is 17.3. The lowest BCUT2D eigenvalue weighted by molar-refractivity contribution is 0.0948. The molecule has 0 spiro atoms. The lowest BCUT2D eigenvalue weighted by Crippen LogP contribution is -2.23. The van der Waals surface area contributed by atoms with Crippen LogP contribution in [-0.4, -0.2) is 27.9 Å². The fourth-order valence-electron chi connectivity index (χ4n) is 3.25. The van der Waals surface area contributed by atoms with Crippen LogP contribution in [0.4, 0.5) is 5.82 Å². The van der Waals surface area contributed by atoms with Crippen molar-refractivity contribution < 1.29 is 14.6 Å². The fraction of sp³-hybridized carbons (Fsp3) is 0.273. The number of hydrogen-bond acceptors (Lipinski definition) is 6. The summed E-state index contributed by atoms with van der Waals surface area (Å²) in [5.74, 6) is 0.660. The lowest BCUT2D eigenvalue weighted by atomic mass is 10.0. The minimum Gasteiger partial charge on any atom is -0.496 e. The van der Waals surface area contributed by atoms with Gasteiger partial charge in [0.2, 0.25) is 0 Å². The first-order valence-electron chi connectivity index (χ1n) is 9.65. The van der Waals surface area contributed by atoms with Gasteiger partial charge in [0, 0.05) is 18.2 Å². The molecule has 0 fully saturated rings. The number of ether oxygens (including phenoxy) is 1. The molecule has 158 valence electrons. The van der Waals surface area contributed by atoms with Crippen LogP contribution in [0, 0.1) is 0 Å². The number of rotatable bonds is 7. The van der Waals surface area contributed by atoms with E-state index in [0.29, 0.717) is 34.9 Å². The van der Waals surface area contributed by atoms with Crippen molar-refractivity contribution in [3.8, 4) is 17.0 Å². The van der Waals surface area contributed by atoms with Crippen LogP contribution < -0.4 is 21.5 Å². The van der Waals surface area contributed by atoms with Crippen LogP contribution in [0.15, 0.2) is 48.5 Å². The topological polar surface area (TPSA) is 128 Å². The molecule has 3 rings (SSSR count). The van der Waals surface area contributed by atoms with Gasteiger partial charge in [-0.05, 0) is 31.5 Å². The van der Waals surface area contributed by atoms with Crippen molar-refractivity contribution in [2.24, 2.45) is 5.73 Å². The molecule has 1 amide bonds. The Morgan fingerprint density at radius 1 is 1.20 bits per heavy atom. The number of anilines is 1. The smallest absolute Gasteiger partial charge is 0.255 e. The van der Waals surface area contributed by atoms with Gasteiger partial charge in [-0.1, -0.05) is 36.4 Å². The first kappa shape index (κ1) is 21.4. The van der Waals surface area contributed by atoms with Gasteiger partial charge >= 0.3 is 0 Å². The van der Waals surface area contributed by atoms with E-state index in [-0.39, 0.29) is 11.9 Å². The van der Waals surface area contributed by atoms with Crippen LogP contribution >= 0.6 is 0 Å². The fourth-order valence-corrected chi connectivity index (χ4v) is 3.25. The summed E-state index contributed by atoms with van der Waals surface area (Å²) >= 11 is 0. The summed E-state index contributed by atoms with van der Waals surface area (Å²) in [6.45, 7) is 4.26. The summed E-state index contributed by atoms with van der Waals surface area (Å²) < 4.78 is 6.87. The number of nitrogens with one attached hydrogen (secondary N) is 1. The number of aliphatic hydroxyl groups excluding tert-OH is 1. The molecule has 6 N–H and O–H groups in total. The van der Waals surface area contributed by atoms with Crippen LogP contribution in [0.5, 0.6) is 5.75 Å². The molecule has 8 heteroatoms. The number of hydrogen-bond donors (Lipinski definition) is 4. The third kappa shape index (κ3) is 4.29. The maximum Gasteiger partial charge on any atom is 0.255 e. The van der Waals surface area contributed by atoms with Crippen LogP contribution in [0.25, 0.3) is 11.3 Å². The Morgan fingerprint density at radius 2 is 1.87 bits per heavy atom. The second kappa shape index (κ2) is 8.98. The number of carbonyl (C=O) groups excluding carboxylic acids is 1. The predicted octanol–water partition coefficient (Wildman–Crippen LogP) is 2.60. The number of nitrogens with two attached hydrogens (primary N) is 2. The van der Waals surface area contributed by atoms with Crippen molar-refractivity contribution in [1.29, 1.82) is 0 Å². The molecule has 2 aromatic carbocycles. The zero-order valence-corrected chi connectivity index (χ0v) is 17.3.